The highest BCUT2D eigenvalue weighted by Crippen LogP contribution is 2.21. The molecule has 110 valence electrons. The van der Waals surface area contributed by atoms with Crippen molar-refractivity contribution >= 4 is 5.91 Å². The largest absolute Gasteiger partial charge is 0.341 e. The lowest BCUT2D eigenvalue weighted by molar-refractivity contribution is -0.130. The lowest BCUT2D eigenvalue weighted by Gasteiger charge is -2.23. The summed E-state index contributed by atoms with van der Waals surface area (Å²) in [5, 5.41) is 0. The van der Waals surface area contributed by atoms with E-state index in [1.807, 2.05) is 0 Å². The highest BCUT2D eigenvalue weighted by atomic mass is 16.2. The average molecular weight is 267 g/mol. The van der Waals surface area contributed by atoms with Gasteiger partial charge in [-0.1, -0.05) is 12.8 Å². The average Bonchev–Trinajstić information content (AvgIpc) is 3.08. The van der Waals surface area contributed by atoms with Gasteiger partial charge in [0.05, 0.1) is 0 Å². The number of likely N-dealkylation sites (tertiary alicyclic amines) is 2. The lowest BCUT2D eigenvalue weighted by Crippen LogP contribution is -2.37. The molecule has 0 spiro atoms. The Bertz CT molecular complexity index is 277. The Balaban J connectivity index is 1.61. The molecule has 0 aromatic heterocycles. The summed E-state index contributed by atoms with van der Waals surface area (Å²) in [6.07, 6.45) is 9.03. The molecule has 4 nitrogen and oxygen atoms in total. The number of nitrogens with two attached hydrogens (primary N) is 1. The van der Waals surface area contributed by atoms with E-state index in [0.717, 1.165) is 45.3 Å². The van der Waals surface area contributed by atoms with Crippen LogP contribution in [0.1, 0.15) is 51.4 Å². The molecule has 2 fully saturated rings. The van der Waals surface area contributed by atoms with E-state index in [9.17, 15) is 4.79 Å². The Morgan fingerprint density at radius 3 is 2.53 bits per heavy atom. The van der Waals surface area contributed by atoms with Crippen molar-refractivity contribution < 1.29 is 4.79 Å². The van der Waals surface area contributed by atoms with Crippen LogP contribution < -0.4 is 5.73 Å². The molecule has 2 heterocycles. The van der Waals surface area contributed by atoms with Crippen LogP contribution in [0.5, 0.6) is 0 Å². The molecule has 1 amide bonds. The number of unbranched alkanes of at least 4 members (excludes halogenated alkanes) is 3. The van der Waals surface area contributed by atoms with Gasteiger partial charge >= 0.3 is 0 Å². The molecule has 2 N–H and O–H groups in total. The van der Waals surface area contributed by atoms with E-state index < -0.39 is 0 Å². The molecule has 2 rings (SSSR count). The summed E-state index contributed by atoms with van der Waals surface area (Å²) in [4.78, 5) is 16.8. The van der Waals surface area contributed by atoms with Gasteiger partial charge in [0, 0.05) is 25.6 Å². The second-order valence-corrected chi connectivity index (χ2v) is 5.98. The first-order chi connectivity index (χ1) is 9.31. The van der Waals surface area contributed by atoms with Crippen LogP contribution in [-0.4, -0.2) is 54.5 Å². The van der Waals surface area contributed by atoms with E-state index in [1.165, 1.54) is 38.8 Å². The Kier molecular flexibility index (Phi) is 6.11. The van der Waals surface area contributed by atoms with Crippen LogP contribution in [-0.2, 0) is 4.79 Å². The van der Waals surface area contributed by atoms with Crippen LogP contribution in [0, 0.1) is 0 Å². The second kappa shape index (κ2) is 7.85. The minimum absolute atomic E-state index is 0.370. The molecule has 0 aromatic rings. The van der Waals surface area contributed by atoms with Gasteiger partial charge in [-0.05, 0) is 51.7 Å². The molecule has 0 bridgehead atoms. The second-order valence-electron chi connectivity index (χ2n) is 5.98. The highest BCUT2D eigenvalue weighted by Gasteiger charge is 2.30. The van der Waals surface area contributed by atoms with E-state index in [4.69, 9.17) is 5.73 Å². The van der Waals surface area contributed by atoms with Gasteiger partial charge in [0.2, 0.25) is 5.91 Å². The molecule has 0 radical (unpaired) electrons. The van der Waals surface area contributed by atoms with Crippen LogP contribution in [0.2, 0.25) is 0 Å². The molecule has 2 saturated heterocycles. The number of nitrogens with zero attached hydrogens (tertiary/aromatic N) is 2. The number of carbonyl (C=O) groups is 1. The number of hydrogen-bond donors (Lipinski definition) is 1. The van der Waals surface area contributed by atoms with Crippen molar-refractivity contribution in [3.05, 3.63) is 0 Å². The first-order valence-electron chi connectivity index (χ1n) is 8.03. The molecule has 0 saturated carbocycles. The molecule has 1 unspecified atom stereocenters. The van der Waals surface area contributed by atoms with E-state index in [1.54, 1.807) is 0 Å². The number of rotatable bonds is 7. The van der Waals surface area contributed by atoms with Crippen LogP contribution in [0.3, 0.4) is 0 Å². The Hall–Kier alpha value is -0.610. The summed E-state index contributed by atoms with van der Waals surface area (Å²) in [6, 6.07) is 0.642. The van der Waals surface area contributed by atoms with Crippen molar-refractivity contribution in [1.82, 2.24) is 9.80 Å². The van der Waals surface area contributed by atoms with Gasteiger partial charge < -0.3 is 10.6 Å². The molecular weight excluding hydrogens is 238 g/mol. The lowest BCUT2D eigenvalue weighted by atomic mass is 10.1. The van der Waals surface area contributed by atoms with Crippen molar-refractivity contribution in [3.8, 4) is 0 Å². The summed E-state index contributed by atoms with van der Waals surface area (Å²) >= 11 is 0. The Labute approximate surface area is 117 Å². The van der Waals surface area contributed by atoms with Gasteiger partial charge in [-0.2, -0.15) is 0 Å². The molecule has 2 aliphatic rings. The Morgan fingerprint density at radius 1 is 1.05 bits per heavy atom. The predicted octanol–water partition coefficient (Wildman–Crippen LogP) is 1.59. The van der Waals surface area contributed by atoms with E-state index in [2.05, 4.69) is 9.80 Å². The first kappa shape index (κ1) is 14.8. The third-order valence-electron chi connectivity index (χ3n) is 4.52. The van der Waals surface area contributed by atoms with Gasteiger partial charge in [-0.15, -0.1) is 0 Å². The maximum Gasteiger partial charge on any atom is 0.222 e. The quantitative estimate of drug-likeness (QED) is 0.713. The molecule has 0 aliphatic carbocycles. The van der Waals surface area contributed by atoms with Crippen molar-refractivity contribution in [3.63, 3.8) is 0 Å². The smallest absolute Gasteiger partial charge is 0.222 e. The zero-order chi connectivity index (χ0) is 13.5. The van der Waals surface area contributed by atoms with Crippen LogP contribution in [0.4, 0.5) is 0 Å². The van der Waals surface area contributed by atoms with Crippen molar-refractivity contribution in [2.45, 2.75) is 57.4 Å². The fourth-order valence-electron chi connectivity index (χ4n) is 3.31. The fraction of sp³-hybridized carbons (Fsp3) is 0.933. The summed E-state index contributed by atoms with van der Waals surface area (Å²) in [5.74, 6) is 0.370. The summed E-state index contributed by atoms with van der Waals surface area (Å²) in [6.45, 7) is 5.21. The minimum atomic E-state index is 0.370. The molecule has 0 aromatic carbocycles. The van der Waals surface area contributed by atoms with Crippen molar-refractivity contribution in [2.75, 3.05) is 32.7 Å². The van der Waals surface area contributed by atoms with E-state index in [-0.39, 0.29) is 0 Å². The summed E-state index contributed by atoms with van der Waals surface area (Å²) in [7, 11) is 0. The number of hydrogen-bond acceptors (Lipinski definition) is 3. The first-order valence-corrected chi connectivity index (χ1v) is 8.03. The van der Waals surface area contributed by atoms with Gasteiger partial charge in [-0.3, -0.25) is 9.69 Å². The third-order valence-corrected chi connectivity index (χ3v) is 4.52. The highest BCUT2D eigenvalue weighted by molar-refractivity contribution is 5.76. The monoisotopic (exact) mass is 267 g/mol. The summed E-state index contributed by atoms with van der Waals surface area (Å²) in [5.41, 5.74) is 5.47. The van der Waals surface area contributed by atoms with Gasteiger partial charge in [-0.25, -0.2) is 0 Å². The third kappa shape index (κ3) is 4.46. The maximum atomic E-state index is 12.1. The SMILES string of the molecule is NCCCCCCC(=O)N1CCC(N2CCCC2)C1. The van der Waals surface area contributed by atoms with Crippen molar-refractivity contribution in [2.24, 2.45) is 5.73 Å². The summed E-state index contributed by atoms with van der Waals surface area (Å²) < 4.78 is 0. The molecule has 1 atom stereocenters. The van der Waals surface area contributed by atoms with Gasteiger partial charge in [0.25, 0.3) is 0 Å². The normalized spacial score (nSPS) is 24.3. The molecule has 19 heavy (non-hydrogen) atoms. The van der Waals surface area contributed by atoms with Crippen LogP contribution in [0.15, 0.2) is 0 Å². The topological polar surface area (TPSA) is 49.6 Å². The number of carbonyl (C=O) groups excluding carboxylic acids is 1. The molecular formula is C15H29N3O. The maximum absolute atomic E-state index is 12.1. The predicted molar refractivity (Wildman–Crippen MR) is 77.9 cm³/mol. The van der Waals surface area contributed by atoms with E-state index in [0.29, 0.717) is 11.9 Å². The molecule has 2 aliphatic heterocycles. The standard InChI is InChI=1S/C15H29N3O/c16-9-4-2-1-3-7-15(19)18-12-8-14(13-18)17-10-5-6-11-17/h14H,1-13,16H2. The minimum Gasteiger partial charge on any atom is -0.341 e. The fourth-order valence-corrected chi connectivity index (χ4v) is 3.31. The molecule has 4 heteroatoms. The Morgan fingerprint density at radius 2 is 1.79 bits per heavy atom. The van der Waals surface area contributed by atoms with Crippen LogP contribution in [0.25, 0.3) is 0 Å². The zero-order valence-corrected chi connectivity index (χ0v) is 12.1. The van der Waals surface area contributed by atoms with Crippen molar-refractivity contribution in [1.29, 1.82) is 0 Å². The van der Waals surface area contributed by atoms with Crippen LogP contribution >= 0.6 is 0 Å². The number of amides is 1. The van der Waals surface area contributed by atoms with Gasteiger partial charge in [0.15, 0.2) is 0 Å². The van der Waals surface area contributed by atoms with E-state index >= 15 is 0 Å². The van der Waals surface area contributed by atoms with Gasteiger partial charge in [0.1, 0.15) is 0 Å². The zero-order valence-electron chi connectivity index (χ0n) is 12.1.